The van der Waals surface area contributed by atoms with Crippen molar-refractivity contribution in [3.63, 3.8) is 0 Å². The highest BCUT2D eigenvalue weighted by molar-refractivity contribution is 7.21. The van der Waals surface area contributed by atoms with Crippen molar-refractivity contribution >= 4 is 21.6 Å². The number of aryl methyl sites for hydroxylation is 1. The molecule has 0 unspecified atom stereocenters. The van der Waals surface area contributed by atoms with Gasteiger partial charge < -0.3 is 0 Å². The Morgan fingerprint density at radius 2 is 1.90 bits per heavy atom. The minimum atomic E-state index is 0.0564. The molecule has 0 aliphatic carbocycles. The number of benzene rings is 1. The second-order valence-corrected chi connectivity index (χ2v) is 6.15. The van der Waals surface area contributed by atoms with Gasteiger partial charge in [-0.05, 0) is 32.4 Å². The van der Waals surface area contributed by atoms with Gasteiger partial charge in [-0.3, -0.25) is 9.36 Å². The maximum Gasteiger partial charge on any atom is 0.262 e. The monoisotopic (exact) mass is 284 g/mol. The molecular formula is C16H16N2OS. The van der Waals surface area contributed by atoms with Gasteiger partial charge in [0.15, 0.2) is 0 Å². The van der Waals surface area contributed by atoms with E-state index >= 15 is 0 Å². The van der Waals surface area contributed by atoms with Crippen molar-refractivity contribution in [2.75, 3.05) is 0 Å². The van der Waals surface area contributed by atoms with Crippen molar-refractivity contribution in [2.45, 2.75) is 26.8 Å². The molecule has 0 fully saturated rings. The molecule has 2 heterocycles. The average molecular weight is 284 g/mol. The van der Waals surface area contributed by atoms with Crippen molar-refractivity contribution in [2.24, 2.45) is 0 Å². The van der Waals surface area contributed by atoms with Gasteiger partial charge in [0.25, 0.3) is 5.56 Å². The summed E-state index contributed by atoms with van der Waals surface area (Å²) in [5.41, 5.74) is 1.18. The molecule has 0 aliphatic heterocycles. The molecule has 0 atom stereocenters. The van der Waals surface area contributed by atoms with Gasteiger partial charge in [0, 0.05) is 10.9 Å². The molecule has 0 amide bonds. The van der Waals surface area contributed by atoms with Crippen LogP contribution < -0.4 is 5.56 Å². The van der Waals surface area contributed by atoms with Crippen molar-refractivity contribution in [1.29, 1.82) is 0 Å². The van der Waals surface area contributed by atoms with Gasteiger partial charge in [-0.2, -0.15) is 0 Å². The van der Waals surface area contributed by atoms with Crippen LogP contribution in [0.2, 0.25) is 0 Å². The first-order valence-corrected chi connectivity index (χ1v) is 7.47. The van der Waals surface area contributed by atoms with E-state index in [4.69, 9.17) is 0 Å². The zero-order valence-electron chi connectivity index (χ0n) is 11.8. The van der Waals surface area contributed by atoms with Crippen LogP contribution in [0.3, 0.4) is 0 Å². The van der Waals surface area contributed by atoms with Crippen LogP contribution in [0, 0.1) is 6.92 Å². The summed E-state index contributed by atoms with van der Waals surface area (Å²) in [5.74, 6) is 0.777. The number of thiophene rings is 1. The maximum atomic E-state index is 12.6. The highest BCUT2D eigenvalue weighted by Crippen LogP contribution is 2.31. The number of aromatic nitrogens is 2. The Morgan fingerprint density at radius 3 is 2.55 bits per heavy atom. The van der Waals surface area contributed by atoms with E-state index in [2.05, 4.69) is 17.1 Å². The van der Waals surface area contributed by atoms with Crippen molar-refractivity contribution in [3.8, 4) is 10.4 Å². The molecule has 0 aliphatic rings. The first kappa shape index (κ1) is 13.1. The molecule has 1 aromatic carbocycles. The van der Waals surface area contributed by atoms with Gasteiger partial charge in [-0.25, -0.2) is 4.98 Å². The lowest BCUT2D eigenvalue weighted by molar-refractivity contribution is 0.555. The van der Waals surface area contributed by atoms with E-state index in [1.165, 1.54) is 0 Å². The third-order valence-corrected chi connectivity index (χ3v) is 4.43. The summed E-state index contributed by atoms with van der Waals surface area (Å²) in [5, 5.41) is 0.716. The molecule has 3 nitrogen and oxygen atoms in total. The number of fused-ring (bicyclic) bond motifs is 1. The van der Waals surface area contributed by atoms with Crippen LogP contribution in [0.15, 0.2) is 41.2 Å². The van der Waals surface area contributed by atoms with Gasteiger partial charge in [0.1, 0.15) is 10.7 Å². The van der Waals surface area contributed by atoms with Crippen LogP contribution in [-0.2, 0) is 0 Å². The second kappa shape index (κ2) is 4.87. The molecule has 0 N–H and O–H groups in total. The number of hydrogen-bond donors (Lipinski definition) is 0. The summed E-state index contributed by atoms with van der Waals surface area (Å²) in [7, 11) is 0. The molecule has 3 aromatic rings. The summed E-state index contributed by atoms with van der Waals surface area (Å²) in [6.45, 7) is 5.90. The lowest BCUT2D eigenvalue weighted by Gasteiger charge is -2.12. The zero-order chi connectivity index (χ0) is 14.3. The van der Waals surface area contributed by atoms with Crippen LogP contribution in [0.1, 0.15) is 25.7 Å². The van der Waals surface area contributed by atoms with Crippen LogP contribution in [0.25, 0.3) is 20.7 Å². The van der Waals surface area contributed by atoms with Crippen molar-refractivity contribution < 1.29 is 0 Å². The van der Waals surface area contributed by atoms with Gasteiger partial charge in [0.05, 0.1) is 5.39 Å². The van der Waals surface area contributed by atoms with E-state index in [1.807, 2.05) is 45.0 Å². The average Bonchev–Trinajstić information content (AvgIpc) is 2.83. The fourth-order valence-corrected chi connectivity index (χ4v) is 3.52. The van der Waals surface area contributed by atoms with E-state index in [1.54, 1.807) is 15.9 Å². The molecule has 0 spiro atoms. The predicted octanol–water partition coefficient (Wildman–Crippen LogP) is 4.01. The Labute approximate surface area is 121 Å². The third kappa shape index (κ3) is 2.06. The van der Waals surface area contributed by atoms with Gasteiger partial charge in [-0.15, -0.1) is 11.3 Å². The molecule has 102 valence electrons. The Kier molecular flexibility index (Phi) is 3.18. The lowest BCUT2D eigenvalue weighted by atomic mass is 10.2. The topological polar surface area (TPSA) is 34.9 Å². The smallest absolute Gasteiger partial charge is 0.262 e. The van der Waals surface area contributed by atoms with E-state index in [9.17, 15) is 4.79 Å². The number of rotatable bonds is 2. The molecule has 2 aromatic heterocycles. The zero-order valence-corrected chi connectivity index (χ0v) is 12.6. The highest BCUT2D eigenvalue weighted by Gasteiger charge is 2.14. The normalized spacial score (nSPS) is 11.4. The molecule has 0 radical (unpaired) electrons. The molecule has 20 heavy (non-hydrogen) atoms. The lowest BCUT2D eigenvalue weighted by Crippen LogP contribution is -2.24. The standard InChI is InChI=1S/C16H16N2OS/c1-10(2)18-11(3)17-15-13(16(18)19)9-14(20-15)12-7-5-4-6-8-12/h4-10H,1-3H3. The van der Waals surface area contributed by atoms with Crippen LogP contribution >= 0.6 is 11.3 Å². The third-order valence-electron chi connectivity index (χ3n) is 3.35. The van der Waals surface area contributed by atoms with Crippen molar-refractivity contribution in [1.82, 2.24) is 9.55 Å². The minimum Gasteiger partial charge on any atom is -0.294 e. The Bertz CT molecular complexity index is 816. The maximum absolute atomic E-state index is 12.6. The summed E-state index contributed by atoms with van der Waals surface area (Å²) < 4.78 is 1.75. The fourth-order valence-electron chi connectivity index (χ4n) is 2.45. The Morgan fingerprint density at radius 1 is 1.20 bits per heavy atom. The quantitative estimate of drug-likeness (QED) is 0.712. The largest absolute Gasteiger partial charge is 0.294 e. The molecule has 3 rings (SSSR count). The van der Waals surface area contributed by atoms with Crippen LogP contribution in [0.4, 0.5) is 0 Å². The summed E-state index contributed by atoms with van der Waals surface area (Å²) in [6.07, 6.45) is 0. The van der Waals surface area contributed by atoms with Gasteiger partial charge in [0.2, 0.25) is 0 Å². The summed E-state index contributed by atoms with van der Waals surface area (Å²) >= 11 is 1.57. The molecule has 4 heteroatoms. The number of nitrogens with zero attached hydrogens (tertiary/aromatic N) is 2. The first-order chi connectivity index (χ1) is 9.58. The van der Waals surface area contributed by atoms with Crippen LogP contribution in [-0.4, -0.2) is 9.55 Å². The van der Waals surface area contributed by atoms with E-state index in [0.717, 1.165) is 21.1 Å². The minimum absolute atomic E-state index is 0.0564. The second-order valence-electron chi connectivity index (χ2n) is 5.12. The van der Waals surface area contributed by atoms with E-state index < -0.39 is 0 Å². The summed E-state index contributed by atoms with van der Waals surface area (Å²) in [6, 6.07) is 12.2. The molecule has 0 saturated heterocycles. The van der Waals surface area contributed by atoms with Crippen molar-refractivity contribution in [3.05, 3.63) is 52.6 Å². The van der Waals surface area contributed by atoms with Gasteiger partial charge in [-0.1, -0.05) is 30.3 Å². The fraction of sp³-hybridized carbons (Fsp3) is 0.250. The molecule has 0 bridgehead atoms. The number of hydrogen-bond acceptors (Lipinski definition) is 3. The highest BCUT2D eigenvalue weighted by atomic mass is 32.1. The Balaban J connectivity index is 2.27. The first-order valence-electron chi connectivity index (χ1n) is 6.66. The SMILES string of the molecule is Cc1nc2sc(-c3ccccc3)cc2c(=O)n1C(C)C. The predicted molar refractivity (Wildman–Crippen MR) is 84.4 cm³/mol. The summed E-state index contributed by atoms with van der Waals surface area (Å²) in [4.78, 5) is 19.1. The van der Waals surface area contributed by atoms with Gasteiger partial charge >= 0.3 is 0 Å². The van der Waals surface area contributed by atoms with E-state index in [-0.39, 0.29) is 11.6 Å². The molecule has 0 saturated carbocycles. The Hall–Kier alpha value is -1.94. The molecular weight excluding hydrogens is 268 g/mol. The van der Waals surface area contributed by atoms with E-state index in [0.29, 0.717) is 5.39 Å². The van der Waals surface area contributed by atoms with Crippen LogP contribution in [0.5, 0.6) is 0 Å².